The summed E-state index contributed by atoms with van der Waals surface area (Å²) in [4.78, 5) is 0. The summed E-state index contributed by atoms with van der Waals surface area (Å²) in [5.41, 5.74) is 2.67. The summed E-state index contributed by atoms with van der Waals surface area (Å²) in [5.74, 6) is -1.61. The van der Waals surface area contributed by atoms with Crippen LogP contribution in [-0.4, -0.2) is 50.9 Å². The van der Waals surface area contributed by atoms with Crippen LogP contribution in [0.2, 0.25) is 0 Å². The summed E-state index contributed by atoms with van der Waals surface area (Å²) < 4.78 is 22.6. The average Bonchev–Trinajstić information content (AvgIpc) is 2.99. The van der Waals surface area contributed by atoms with Gasteiger partial charge in [-0.25, -0.2) is 0 Å². The summed E-state index contributed by atoms with van der Waals surface area (Å²) in [5, 5.41) is 16.6. The maximum atomic E-state index is 11.9. The molecule has 0 aromatic heterocycles. The molecule has 102 valence electrons. The number of rotatable bonds is 0. The SMILES string of the molecule is [O]=[Zr]1[O]NCCNC2(NCCN2)C2(NCCN2)[O]1. The minimum atomic E-state index is -3.59. The molecule has 3 heterocycles. The van der Waals surface area contributed by atoms with E-state index >= 15 is 0 Å². The molecular weight excluding hydrogens is 319 g/mol. The zero-order valence-electron chi connectivity index (χ0n) is 9.97. The molecule has 3 aliphatic heterocycles. The van der Waals surface area contributed by atoms with E-state index in [2.05, 4.69) is 32.1 Å². The van der Waals surface area contributed by atoms with Gasteiger partial charge in [0.1, 0.15) is 0 Å². The number of hydrogen-bond acceptors (Lipinski definition) is 9. The molecule has 10 heteroatoms. The predicted molar refractivity (Wildman–Crippen MR) is 56.3 cm³/mol. The van der Waals surface area contributed by atoms with Crippen LogP contribution in [0.1, 0.15) is 0 Å². The van der Waals surface area contributed by atoms with Gasteiger partial charge in [-0.1, -0.05) is 0 Å². The first kappa shape index (κ1) is 13.4. The van der Waals surface area contributed by atoms with Gasteiger partial charge in [-0.2, -0.15) is 0 Å². The Bertz CT molecular complexity index is 331. The van der Waals surface area contributed by atoms with Crippen molar-refractivity contribution < 1.29 is 31.2 Å². The normalized spacial score (nSPS) is 31.4. The molecule has 0 saturated carbocycles. The standard InChI is InChI=1S/C8H18N6O2.O.Zr/c15-8(12-3-4-13-8)7(9-1-2-10-7)11-5-6-14-16;;/h9-14H,1-6H2;;/q-2;;+2. The Morgan fingerprint density at radius 1 is 0.833 bits per heavy atom. The molecule has 0 aromatic rings. The second kappa shape index (κ2) is 5.39. The van der Waals surface area contributed by atoms with Crippen LogP contribution in [0, 0.1) is 0 Å². The van der Waals surface area contributed by atoms with Crippen LogP contribution in [0.4, 0.5) is 0 Å². The van der Waals surface area contributed by atoms with E-state index in [9.17, 15) is 2.81 Å². The second-order valence-corrected chi connectivity index (χ2v) is 6.65. The Hall–Kier alpha value is 0.363. The van der Waals surface area contributed by atoms with Gasteiger partial charge in [0.25, 0.3) is 0 Å². The van der Waals surface area contributed by atoms with Crippen LogP contribution < -0.4 is 32.1 Å². The number of fused-ring (bicyclic) bond motifs is 1. The van der Waals surface area contributed by atoms with E-state index in [0.717, 1.165) is 26.2 Å². The van der Waals surface area contributed by atoms with Crippen molar-refractivity contribution in [3.63, 3.8) is 0 Å². The van der Waals surface area contributed by atoms with Gasteiger partial charge in [-0.05, 0) is 0 Å². The van der Waals surface area contributed by atoms with Crippen LogP contribution in [0.3, 0.4) is 0 Å². The predicted octanol–water partition coefficient (Wildman–Crippen LogP) is -3.39. The van der Waals surface area contributed by atoms with Crippen molar-refractivity contribution in [2.45, 2.75) is 11.6 Å². The summed E-state index contributed by atoms with van der Waals surface area (Å²) in [6, 6.07) is 0. The third-order valence-corrected chi connectivity index (χ3v) is 5.24. The zero-order chi connectivity index (χ0) is 12.5. The van der Waals surface area contributed by atoms with Crippen molar-refractivity contribution in [1.82, 2.24) is 32.1 Å². The molecule has 3 aliphatic rings. The molecular formula is C8H18N6O3Zr. The Balaban J connectivity index is 1.92. The molecule has 0 aliphatic carbocycles. The van der Waals surface area contributed by atoms with Gasteiger partial charge in [-0.3, -0.25) is 0 Å². The first-order chi connectivity index (χ1) is 8.77. The number of hydrogen-bond donors (Lipinski definition) is 6. The first-order valence-corrected chi connectivity index (χ1v) is 9.15. The van der Waals surface area contributed by atoms with Gasteiger partial charge in [0, 0.05) is 0 Å². The summed E-state index contributed by atoms with van der Waals surface area (Å²) in [6.07, 6.45) is 0. The fourth-order valence-electron chi connectivity index (χ4n) is 2.57. The molecule has 2 spiro atoms. The van der Waals surface area contributed by atoms with E-state index in [-0.39, 0.29) is 0 Å². The maximum absolute atomic E-state index is 11.9. The van der Waals surface area contributed by atoms with Crippen molar-refractivity contribution in [2.24, 2.45) is 0 Å². The van der Waals surface area contributed by atoms with Crippen molar-refractivity contribution in [2.75, 3.05) is 39.3 Å². The van der Waals surface area contributed by atoms with E-state index in [1.54, 1.807) is 0 Å². The topological polar surface area (TPSA) is 108 Å². The van der Waals surface area contributed by atoms with Crippen LogP contribution in [0.25, 0.3) is 0 Å². The fraction of sp³-hybridized carbons (Fsp3) is 1.00. The zero-order valence-corrected chi connectivity index (χ0v) is 12.4. The molecule has 3 saturated heterocycles. The molecule has 0 radical (unpaired) electrons. The monoisotopic (exact) mass is 336 g/mol. The van der Waals surface area contributed by atoms with Crippen molar-refractivity contribution in [3.05, 3.63) is 0 Å². The third-order valence-electron chi connectivity index (χ3n) is 3.32. The van der Waals surface area contributed by atoms with Gasteiger partial charge in [0.2, 0.25) is 0 Å². The van der Waals surface area contributed by atoms with Crippen LogP contribution in [-0.2, 0) is 31.2 Å². The summed E-state index contributed by atoms with van der Waals surface area (Å²) in [6.45, 7) is 4.34. The van der Waals surface area contributed by atoms with Crippen molar-refractivity contribution in [1.29, 1.82) is 0 Å². The molecule has 0 atom stereocenters. The molecule has 0 bridgehead atoms. The van der Waals surface area contributed by atoms with Gasteiger partial charge < -0.3 is 0 Å². The van der Waals surface area contributed by atoms with E-state index in [0.29, 0.717) is 13.1 Å². The molecule has 3 fully saturated rings. The quantitative estimate of drug-likeness (QED) is 0.270. The molecule has 3 rings (SSSR count). The van der Waals surface area contributed by atoms with Gasteiger partial charge in [-0.15, -0.1) is 0 Å². The van der Waals surface area contributed by atoms with Gasteiger partial charge in [0.15, 0.2) is 0 Å². The molecule has 6 N–H and O–H groups in total. The Morgan fingerprint density at radius 3 is 2.06 bits per heavy atom. The fourth-order valence-corrected chi connectivity index (χ4v) is 4.56. The van der Waals surface area contributed by atoms with Crippen molar-refractivity contribution >= 4 is 0 Å². The molecule has 0 amide bonds. The van der Waals surface area contributed by atoms with Crippen molar-refractivity contribution in [3.8, 4) is 0 Å². The van der Waals surface area contributed by atoms with Crippen LogP contribution >= 0.6 is 0 Å². The third kappa shape index (κ3) is 2.26. The van der Waals surface area contributed by atoms with Gasteiger partial charge >= 0.3 is 114 Å². The van der Waals surface area contributed by atoms with E-state index in [4.69, 9.17) is 5.73 Å². The van der Waals surface area contributed by atoms with E-state index in [1.165, 1.54) is 0 Å². The summed E-state index contributed by atoms with van der Waals surface area (Å²) in [7, 11) is 0. The molecule has 18 heavy (non-hydrogen) atoms. The van der Waals surface area contributed by atoms with E-state index in [1.807, 2.05) is 0 Å². The summed E-state index contributed by atoms with van der Waals surface area (Å²) >= 11 is -3.59. The molecule has 9 nitrogen and oxygen atoms in total. The average molecular weight is 337 g/mol. The van der Waals surface area contributed by atoms with Crippen LogP contribution in [0.5, 0.6) is 0 Å². The van der Waals surface area contributed by atoms with Gasteiger partial charge in [0.05, 0.1) is 0 Å². The van der Waals surface area contributed by atoms with Crippen LogP contribution in [0.15, 0.2) is 0 Å². The number of hydroxylamine groups is 1. The Morgan fingerprint density at radius 2 is 1.39 bits per heavy atom. The molecule has 0 aromatic carbocycles. The Kier molecular flexibility index (Phi) is 4.00. The molecule has 0 unspecified atom stereocenters. The van der Waals surface area contributed by atoms with E-state index < -0.39 is 34.3 Å². The second-order valence-electron chi connectivity index (χ2n) is 4.41. The first-order valence-electron chi connectivity index (χ1n) is 6.14. The number of nitrogens with one attached hydrogen (secondary N) is 6. The Labute approximate surface area is 114 Å². The minimum absolute atomic E-state index is 0.566.